The van der Waals surface area contributed by atoms with Gasteiger partial charge in [-0.2, -0.15) is 39.5 Å². The van der Waals surface area contributed by atoms with Crippen molar-refractivity contribution < 1.29 is 13.2 Å². The quantitative estimate of drug-likeness (QED) is 0.850. The highest BCUT2D eigenvalue weighted by Gasteiger charge is 2.39. The maximum absolute atomic E-state index is 13.2. The Labute approximate surface area is 159 Å². The van der Waals surface area contributed by atoms with Crippen molar-refractivity contribution in [3.05, 3.63) is 18.1 Å². The highest BCUT2D eigenvalue weighted by atomic mass is 32.2. The van der Waals surface area contributed by atoms with E-state index in [0.717, 1.165) is 56.3 Å². The first-order chi connectivity index (χ1) is 13.0. The lowest BCUT2D eigenvalue weighted by atomic mass is 9.80. The largest absolute Gasteiger partial charge is 0.433 e. The fourth-order valence-corrected chi connectivity index (χ4v) is 5.09. The summed E-state index contributed by atoms with van der Waals surface area (Å²) >= 11 is 1.97. The Morgan fingerprint density at radius 1 is 1.15 bits per heavy atom. The molecule has 0 aromatic carbocycles. The molecule has 1 saturated heterocycles. The van der Waals surface area contributed by atoms with Crippen molar-refractivity contribution in [1.29, 1.82) is 0 Å². The average molecular weight is 400 g/mol. The van der Waals surface area contributed by atoms with Crippen LogP contribution in [0.1, 0.15) is 37.8 Å². The lowest BCUT2D eigenvalue weighted by Crippen LogP contribution is -2.57. The summed E-state index contributed by atoms with van der Waals surface area (Å²) in [6.07, 6.45) is 2.40. The van der Waals surface area contributed by atoms with E-state index in [1.54, 1.807) is 0 Å². The van der Waals surface area contributed by atoms with Gasteiger partial charge in [0.15, 0.2) is 5.69 Å². The number of anilines is 1. The second-order valence-corrected chi connectivity index (χ2v) is 8.46. The molecule has 148 valence electrons. The Morgan fingerprint density at radius 2 is 1.89 bits per heavy atom. The summed E-state index contributed by atoms with van der Waals surface area (Å²) in [5, 5.41) is 7.30. The molecule has 2 fully saturated rings. The summed E-state index contributed by atoms with van der Waals surface area (Å²) in [6.45, 7) is 2.68. The smallest absolute Gasteiger partial charge is 0.368 e. The molecule has 1 aliphatic heterocycles. The molecule has 1 N–H and O–H groups in total. The van der Waals surface area contributed by atoms with Crippen LogP contribution >= 0.6 is 11.8 Å². The minimum absolute atomic E-state index is 0.00615. The Bertz CT molecular complexity index is 781. The van der Waals surface area contributed by atoms with E-state index in [1.807, 2.05) is 11.8 Å². The van der Waals surface area contributed by atoms with Crippen LogP contribution in [-0.4, -0.2) is 61.2 Å². The number of halogens is 3. The number of fused-ring (bicyclic) bond motifs is 1. The fourth-order valence-electron chi connectivity index (χ4n) is 4.19. The highest BCUT2D eigenvalue weighted by Crippen LogP contribution is 2.36. The molecule has 0 bridgehead atoms. The van der Waals surface area contributed by atoms with Gasteiger partial charge in [0.05, 0.1) is 0 Å². The van der Waals surface area contributed by atoms with Gasteiger partial charge < -0.3 is 5.32 Å². The summed E-state index contributed by atoms with van der Waals surface area (Å²) in [6, 6.07) is 1.03. The first kappa shape index (κ1) is 18.8. The fraction of sp³-hybridized carbons (Fsp3) is 0.706. The second-order valence-electron chi connectivity index (χ2n) is 7.23. The van der Waals surface area contributed by atoms with Gasteiger partial charge in [0, 0.05) is 42.7 Å². The highest BCUT2D eigenvalue weighted by molar-refractivity contribution is 7.99. The van der Waals surface area contributed by atoms with Gasteiger partial charge in [0.2, 0.25) is 0 Å². The van der Waals surface area contributed by atoms with E-state index >= 15 is 0 Å². The molecule has 2 aliphatic rings. The normalized spacial score (nSPS) is 21.4. The van der Waals surface area contributed by atoms with Crippen molar-refractivity contribution in [2.75, 3.05) is 36.5 Å². The number of hydrogen-bond donors (Lipinski definition) is 1. The third-order valence-electron chi connectivity index (χ3n) is 5.61. The van der Waals surface area contributed by atoms with Gasteiger partial charge in [-0.15, -0.1) is 0 Å². The molecule has 2 aromatic rings. The van der Waals surface area contributed by atoms with Gasteiger partial charge in [0.1, 0.15) is 12.1 Å². The minimum Gasteiger partial charge on any atom is -0.368 e. The molecule has 10 heteroatoms. The maximum Gasteiger partial charge on any atom is 0.433 e. The predicted molar refractivity (Wildman–Crippen MR) is 99.0 cm³/mol. The van der Waals surface area contributed by atoms with Crippen molar-refractivity contribution in [3.63, 3.8) is 0 Å². The number of nitrogens with one attached hydrogen (secondary N) is 1. The standard InChI is InChI=1S/C17H23F3N6S/c18-17(19,20)13-10-14(26-15(24-13)22-12-23-26)21-11-16(4-2-1-3-5-16)25-6-8-27-9-7-25/h10,12,21H,1-9,11H2. The van der Waals surface area contributed by atoms with Gasteiger partial charge in [-0.05, 0) is 12.8 Å². The van der Waals surface area contributed by atoms with Crippen molar-refractivity contribution >= 4 is 23.4 Å². The molecule has 1 aliphatic carbocycles. The Morgan fingerprint density at radius 3 is 2.59 bits per heavy atom. The topological polar surface area (TPSA) is 58.4 Å². The predicted octanol–water partition coefficient (Wildman–Crippen LogP) is 3.31. The van der Waals surface area contributed by atoms with E-state index in [-0.39, 0.29) is 11.3 Å². The molecule has 0 atom stereocenters. The molecule has 0 radical (unpaired) electrons. The first-order valence-corrected chi connectivity index (χ1v) is 10.5. The van der Waals surface area contributed by atoms with Crippen LogP contribution in [0.3, 0.4) is 0 Å². The van der Waals surface area contributed by atoms with Gasteiger partial charge in [-0.3, -0.25) is 4.90 Å². The van der Waals surface area contributed by atoms with Crippen LogP contribution in [0.4, 0.5) is 19.0 Å². The van der Waals surface area contributed by atoms with E-state index < -0.39 is 11.9 Å². The zero-order chi connectivity index (χ0) is 18.9. The maximum atomic E-state index is 13.2. The zero-order valence-electron chi connectivity index (χ0n) is 15.0. The minimum atomic E-state index is -4.52. The van der Waals surface area contributed by atoms with Crippen LogP contribution in [0.5, 0.6) is 0 Å². The SMILES string of the molecule is FC(F)(F)c1cc(NCC2(N3CCSCC3)CCCCC2)n2ncnc2n1. The summed E-state index contributed by atoms with van der Waals surface area (Å²) in [5.41, 5.74) is -0.953. The van der Waals surface area contributed by atoms with Gasteiger partial charge in [-0.25, -0.2) is 4.98 Å². The molecule has 27 heavy (non-hydrogen) atoms. The van der Waals surface area contributed by atoms with Crippen LogP contribution in [-0.2, 0) is 6.18 Å². The molecule has 3 heterocycles. The molecule has 0 amide bonds. The Balaban J connectivity index is 1.61. The van der Waals surface area contributed by atoms with Gasteiger partial charge in [0.25, 0.3) is 5.78 Å². The molecule has 4 rings (SSSR count). The van der Waals surface area contributed by atoms with Gasteiger partial charge >= 0.3 is 6.18 Å². The van der Waals surface area contributed by atoms with Crippen LogP contribution in [0.25, 0.3) is 5.78 Å². The van der Waals surface area contributed by atoms with E-state index in [2.05, 4.69) is 25.3 Å². The van der Waals surface area contributed by atoms with E-state index in [1.165, 1.54) is 17.3 Å². The first-order valence-electron chi connectivity index (χ1n) is 9.33. The molecule has 0 unspecified atom stereocenters. The molecule has 0 spiro atoms. The van der Waals surface area contributed by atoms with Crippen LogP contribution in [0, 0.1) is 0 Å². The second kappa shape index (κ2) is 7.46. The zero-order valence-corrected chi connectivity index (χ0v) is 15.8. The Hall–Kier alpha value is -1.55. The number of thioether (sulfide) groups is 1. The number of nitrogens with zero attached hydrogens (tertiary/aromatic N) is 5. The van der Waals surface area contributed by atoms with Crippen molar-refractivity contribution in [3.8, 4) is 0 Å². The monoisotopic (exact) mass is 400 g/mol. The third kappa shape index (κ3) is 3.87. The van der Waals surface area contributed by atoms with E-state index in [9.17, 15) is 13.2 Å². The number of aromatic nitrogens is 4. The molecule has 1 saturated carbocycles. The molecule has 6 nitrogen and oxygen atoms in total. The molecular formula is C17H23F3N6S. The van der Waals surface area contributed by atoms with Gasteiger partial charge in [-0.1, -0.05) is 19.3 Å². The third-order valence-corrected chi connectivity index (χ3v) is 6.55. The molecular weight excluding hydrogens is 377 g/mol. The number of alkyl halides is 3. The summed E-state index contributed by atoms with van der Waals surface area (Å²) in [7, 11) is 0. The van der Waals surface area contributed by atoms with E-state index in [0.29, 0.717) is 12.4 Å². The lowest BCUT2D eigenvalue weighted by molar-refractivity contribution is -0.141. The summed E-state index contributed by atoms with van der Waals surface area (Å²) in [5.74, 6) is 2.48. The molecule has 2 aromatic heterocycles. The van der Waals surface area contributed by atoms with Crippen molar-refractivity contribution in [2.24, 2.45) is 0 Å². The lowest BCUT2D eigenvalue weighted by Gasteiger charge is -2.48. The van der Waals surface area contributed by atoms with Crippen LogP contribution in [0.2, 0.25) is 0 Å². The average Bonchev–Trinajstić information content (AvgIpc) is 3.16. The van der Waals surface area contributed by atoms with Crippen molar-refractivity contribution in [2.45, 2.75) is 43.8 Å². The summed E-state index contributed by atoms with van der Waals surface area (Å²) < 4.78 is 41.0. The number of hydrogen-bond acceptors (Lipinski definition) is 6. The van der Waals surface area contributed by atoms with Crippen LogP contribution < -0.4 is 5.32 Å². The van der Waals surface area contributed by atoms with Crippen LogP contribution in [0.15, 0.2) is 12.4 Å². The van der Waals surface area contributed by atoms with Crippen molar-refractivity contribution in [1.82, 2.24) is 24.5 Å². The summed E-state index contributed by atoms with van der Waals surface area (Å²) in [4.78, 5) is 9.97. The van der Waals surface area contributed by atoms with E-state index in [4.69, 9.17) is 0 Å². The number of rotatable bonds is 4. The Kier molecular flexibility index (Phi) is 5.19.